The Kier molecular flexibility index (Phi) is 7.17. The van der Waals surface area contributed by atoms with Gasteiger partial charge in [0.15, 0.2) is 0 Å². The molecule has 0 aromatic carbocycles. The van der Waals surface area contributed by atoms with Gasteiger partial charge in [-0.25, -0.2) is 0 Å². The molecule has 74 valence electrons. The molecule has 0 aromatic rings. The summed E-state index contributed by atoms with van der Waals surface area (Å²) in [4.78, 5) is 30.4. The van der Waals surface area contributed by atoms with E-state index in [9.17, 15) is 24.6 Å². The van der Waals surface area contributed by atoms with Crippen molar-refractivity contribution in [3.63, 3.8) is 0 Å². The number of carboxylic acid groups (broad SMARTS) is 2. The van der Waals surface area contributed by atoms with Gasteiger partial charge in [-0.15, -0.1) is 0 Å². The summed E-state index contributed by atoms with van der Waals surface area (Å²) in [6.45, 7) is 1.07. The smallest absolute Gasteiger partial charge is 0.550 e. The van der Waals surface area contributed by atoms with Crippen molar-refractivity contribution >= 4 is 17.8 Å². The third kappa shape index (κ3) is 7.30. The van der Waals surface area contributed by atoms with Crippen molar-refractivity contribution in [2.24, 2.45) is 0 Å². The van der Waals surface area contributed by atoms with E-state index < -0.39 is 30.3 Å². The molecule has 0 fully saturated rings. The molecule has 0 spiro atoms. The van der Waals surface area contributed by atoms with Crippen LogP contribution in [0.15, 0.2) is 0 Å². The minimum Gasteiger partial charge on any atom is -0.550 e. The summed E-state index contributed by atoms with van der Waals surface area (Å²) in [5.74, 6) is -3.84. The SMILES string of the molecule is CC(=O)NC(CC(=O)[O-])C(=O)[O-].[Fe+2]. The number of hydrogen-bond acceptors (Lipinski definition) is 5. The maximum Gasteiger partial charge on any atom is 2.00 e. The number of rotatable bonds is 4. The van der Waals surface area contributed by atoms with Gasteiger partial charge >= 0.3 is 17.1 Å². The zero-order valence-corrected chi connectivity index (χ0v) is 7.78. The molecule has 0 aliphatic rings. The van der Waals surface area contributed by atoms with E-state index in [1.54, 1.807) is 0 Å². The summed E-state index contributed by atoms with van der Waals surface area (Å²) in [7, 11) is 0. The van der Waals surface area contributed by atoms with Gasteiger partial charge in [-0.3, -0.25) is 4.79 Å². The van der Waals surface area contributed by atoms with E-state index >= 15 is 0 Å². The number of nitrogens with one attached hydrogen (secondary N) is 1. The van der Waals surface area contributed by atoms with E-state index in [0.29, 0.717) is 0 Å². The number of aliphatic carboxylic acids is 2. The van der Waals surface area contributed by atoms with Crippen LogP contribution in [-0.4, -0.2) is 23.9 Å². The molecule has 0 aromatic heterocycles. The van der Waals surface area contributed by atoms with Gasteiger partial charge in [0.1, 0.15) is 0 Å². The van der Waals surface area contributed by atoms with Crippen LogP contribution in [0.3, 0.4) is 0 Å². The number of hydrogen-bond donors (Lipinski definition) is 1. The number of amides is 1. The Hall–Kier alpha value is -1.07. The van der Waals surface area contributed by atoms with Crippen LogP contribution in [-0.2, 0) is 31.5 Å². The molecule has 1 unspecified atom stereocenters. The summed E-state index contributed by atoms with van der Waals surface area (Å²) in [5.41, 5.74) is 0. The van der Waals surface area contributed by atoms with Crippen molar-refractivity contribution in [3.8, 4) is 0 Å². The number of carboxylic acids is 2. The molecule has 0 saturated carbocycles. The first-order valence-corrected chi connectivity index (χ1v) is 3.11. The van der Waals surface area contributed by atoms with Crippen LogP contribution in [0.5, 0.6) is 0 Å². The molecule has 0 radical (unpaired) electrons. The van der Waals surface area contributed by atoms with Gasteiger partial charge < -0.3 is 25.1 Å². The molecule has 0 bridgehead atoms. The Morgan fingerprint density at radius 2 is 1.77 bits per heavy atom. The van der Waals surface area contributed by atoms with Crippen molar-refractivity contribution in [1.29, 1.82) is 0 Å². The predicted molar refractivity (Wildman–Crippen MR) is 32.2 cm³/mol. The Balaban J connectivity index is 0. The Bertz CT molecular complexity index is 201. The standard InChI is InChI=1S/C6H9NO5.Fe/c1-3(8)7-4(6(11)12)2-5(9)10;/h4H,2H2,1H3,(H,7,8)(H,9,10)(H,11,12);/q;+2/p-2. The quantitative estimate of drug-likeness (QED) is 0.500. The van der Waals surface area contributed by atoms with Gasteiger partial charge in [0.05, 0.1) is 12.0 Å². The Morgan fingerprint density at radius 3 is 2.00 bits per heavy atom. The maximum atomic E-state index is 10.3. The molecule has 13 heavy (non-hydrogen) atoms. The number of carbonyl (C=O) groups excluding carboxylic acids is 3. The van der Waals surface area contributed by atoms with E-state index in [-0.39, 0.29) is 17.1 Å². The molecule has 0 heterocycles. The summed E-state index contributed by atoms with van der Waals surface area (Å²) in [6.07, 6.45) is -0.790. The Labute approximate surface area is 84.8 Å². The molecule has 1 N–H and O–H groups in total. The van der Waals surface area contributed by atoms with E-state index in [0.717, 1.165) is 6.92 Å². The van der Waals surface area contributed by atoms with Crippen LogP contribution < -0.4 is 15.5 Å². The molecule has 0 aliphatic carbocycles. The van der Waals surface area contributed by atoms with Crippen LogP contribution in [0.1, 0.15) is 13.3 Å². The first kappa shape index (κ1) is 14.5. The summed E-state index contributed by atoms with van der Waals surface area (Å²) < 4.78 is 0. The first-order chi connectivity index (χ1) is 5.43. The van der Waals surface area contributed by atoms with Gasteiger partial charge in [-0.2, -0.15) is 0 Å². The second kappa shape index (κ2) is 6.45. The van der Waals surface area contributed by atoms with Crippen LogP contribution in [0.2, 0.25) is 0 Å². The molecule has 1 atom stereocenters. The molecule has 7 heteroatoms. The molecule has 0 saturated heterocycles. The van der Waals surface area contributed by atoms with Crippen molar-refractivity contribution in [2.75, 3.05) is 0 Å². The minimum absolute atomic E-state index is 0. The summed E-state index contributed by atoms with van der Waals surface area (Å²) in [6, 6.07) is -1.52. The Morgan fingerprint density at radius 1 is 1.31 bits per heavy atom. The van der Waals surface area contributed by atoms with Gasteiger partial charge in [-0.1, -0.05) is 0 Å². The van der Waals surface area contributed by atoms with Crippen molar-refractivity contribution < 1.29 is 41.7 Å². The van der Waals surface area contributed by atoms with Gasteiger partial charge in [0.2, 0.25) is 5.91 Å². The number of carbonyl (C=O) groups is 3. The molecule has 0 rings (SSSR count). The largest absolute Gasteiger partial charge is 2.00 e. The van der Waals surface area contributed by atoms with Gasteiger partial charge in [-0.05, 0) is 0 Å². The minimum atomic E-state index is -1.64. The fraction of sp³-hybridized carbons (Fsp3) is 0.500. The fourth-order valence-corrected chi connectivity index (χ4v) is 0.605. The van der Waals surface area contributed by atoms with E-state index in [1.165, 1.54) is 0 Å². The monoisotopic (exact) mass is 229 g/mol. The zero-order valence-electron chi connectivity index (χ0n) is 6.68. The van der Waals surface area contributed by atoms with E-state index in [1.807, 2.05) is 5.32 Å². The van der Waals surface area contributed by atoms with E-state index in [4.69, 9.17) is 0 Å². The molecule has 6 nitrogen and oxygen atoms in total. The third-order valence-corrected chi connectivity index (χ3v) is 1.03. The topological polar surface area (TPSA) is 109 Å². The van der Waals surface area contributed by atoms with Crippen molar-refractivity contribution in [3.05, 3.63) is 0 Å². The molecule has 0 aliphatic heterocycles. The summed E-state index contributed by atoms with van der Waals surface area (Å²) in [5, 5.41) is 22.0. The zero-order chi connectivity index (χ0) is 9.72. The van der Waals surface area contributed by atoms with Crippen LogP contribution in [0, 0.1) is 0 Å². The molecule has 1 amide bonds. The normalized spacial score (nSPS) is 10.8. The summed E-state index contributed by atoms with van der Waals surface area (Å²) >= 11 is 0. The van der Waals surface area contributed by atoms with Gasteiger partial charge in [0.25, 0.3) is 0 Å². The van der Waals surface area contributed by atoms with Crippen LogP contribution in [0.25, 0.3) is 0 Å². The average molecular weight is 229 g/mol. The molecular weight excluding hydrogens is 222 g/mol. The predicted octanol–water partition coefficient (Wildman–Crippen LogP) is -3.62. The maximum absolute atomic E-state index is 10.3. The second-order valence-electron chi connectivity index (χ2n) is 2.15. The van der Waals surface area contributed by atoms with Crippen LogP contribution >= 0.6 is 0 Å². The van der Waals surface area contributed by atoms with Crippen molar-refractivity contribution in [2.45, 2.75) is 19.4 Å². The van der Waals surface area contributed by atoms with Gasteiger partial charge in [0, 0.05) is 19.3 Å². The third-order valence-electron chi connectivity index (χ3n) is 1.03. The average Bonchev–Trinajstić information content (AvgIpc) is 1.83. The van der Waals surface area contributed by atoms with Crippen LogP contribution in [0.4, 0.5) is 0 Å². The first-order valence-electron chi connectivity index (χ1n) is 3.11. The fourth-order valence-electron chi connectivity index (χ4n) is 0.605. The van der Waals surface area contributed by atoms with E-state index in [2.05, 4.69) is 0 Å². The second-order valence-corrected chi connectivity index (χ2v) is 2.15. The molecular formula is C6H7FeNO5. The van der Waals surface area contributed by atoms with Crippen molar-refractivity contribution in [1.82, 2.24) is 5.32 Å².